The summed E-state index contributed by atoms with van der Waals surface area (Å²) in [6.07, 6.45) is 6.96. The van der Waals surface area contributed by atoms with Crippen molar-refractivity contribution in [2.24, 2.45) is 0 Å². The van der Waals surface area contributed by atoms with Gasteiger partial charge in [-0.25, -0.2) is 9.97 Å². The van der Waals surface area contributed by atoms with E-state index in [9.17, 15) is 4.79 Å². The van der Waals surface area contributed by atoms with E-state index in [1.807, 2.05) is 0 Å². The summed E-state index contributed by atoms with van der Waals surface area (Å²) >= 11 is 0. The van der Waals surface area contributed by atoms with Crippen molar-refractivity contribution in [2.45, 2.75) is 19.3 Å². The summed E-state index contributed by atoms with van der Waals surface area (Å²) in [7, 11) is 0. The van der Waals surface area contributed by atoms with Crippen LogP contribution in [0.25, 0.3) is 0 Å². The van der Waals surface area contributed by atoms with Crippen LogP contribution >= 0.6 is 0 Å². The Labute approximate surface area is 118 Å². The summed E-state index contributed by atoms with van der Waals surface area (Å²) in [6.45, 7) is 4.53. The van der Waals surface area contributed by atoms with E-state index in [4.69, 9.17) is 4.74 Å². The molecule has 0 radical (unpaired) electrons. The Morgan fingerprint density at radius 2 is 1.65 bits per heavy atom. The predicted octanol–water partition coefficient (Wildman–Crippen LogP) is 0.939. The number of nitrogens with zero attached hydrogens (tertiary/aromatic N) is 4. The normalized spacial score (nSPS) is 20.0. The van der Waals surface area contributed by atoms with Gasteiger partial charge in [-0.3, -0.25) is 4.79 Å². The van der Waals surface area contributed by atoms with Crippen LogP contribution in [0, 0.1) is 0 Å². The summed E-state index contributed by atoms with van der Waals surface area (Å²) in [6, 6.07) is 0. The third kappa shape index (κ3) is 2.90. The Morgan fingerprint density at radius 3 is 2.30 bits per heavy atom. The molecule has 0 bridgehead atoms. The van der Waals surface area contributed by atoms with Gasteiger partial charge in [-0.15, -0.1) is 0 Å². The lowest BCUT2D eigenvalue weighted by atomic mass is 10.1. The van der Waals surface area contributed by atoms with Gasteiger partial charge in [0.25, 0.3) is 5.91 Å². The van der Waals surface area contributed by atoms with Gasteiger partial charge in [0.1, 0.15) is 0 Å². The SMILES string of the molecule is O=C(c1cnc(N2CCCCC2)nc1)N1CCOCC1. The molecule has 3 heterocycles. The number of hydrogen-bond donors (Lipinski definition) is 0. The van der Waals surface area contributed by atoms with Crippen LogP contribution in [0.3, 0.4) is 0 Å². The topological polar surface area (TPSA) is 58.6 Å². The largest absolute Gasteiger partial charge is 0.378 e. The van der Waals surface area contributed by atoms with Gasteiger partial charge >= 0.3 is 0 Å². The molecule has 0 unspecified atom stereocenters. The molecule has 1 aromatic heterocycles. The average Bonchev–Trinajstić information content (AvgIpc) is 2.56. The number of aromatic nitrogens is 2. The predicted molar refractivity (Wildman–Crippen MR) is 74.8 cm³/mol. The van der Waals surface area contributed by atoms with Crippen molar-refractivity contribution in [3.8, 4) is 0 Å². The highest BCUT2D eigenvalue weighted by atomic mass is 16.5. The molecule has 3 rings (SSSR count). The summed E-state index contributed by atoms with van der Waals surface area (Å²) in [5.41, 5.74) is 0.563. The van der Waals surface area contributed by atoms with E-state index in [-0.39, 0.29) is 5.91 Å². The molecule has 0 spiro atoms. The highest BCUT2D eigenvalue weighted by molar-refractivity contribution is 5.93. The van der Waals surface area contributed by atoms with Crippen LogP contribution in [0.5, 0.6) is 0 Å². The number of hydrogen-bond acceptors (Lipinski definition) is 5. The molecule has 1 aromatic rings. The van der Waals surface area contributed by atoms with Gasteiger partial charge in [0, 0.05) is 38.6 Å². The fourth-order valence-electron chi connectivity index (χ4n) is 2.64. The molecule has 2 saturated heterocycles. The minimum absolute atomic E-state index is 0.00139. The zero-order valence-corrected chi connectivity index (χ0v) is 11.6. The lowest BCUT2D eigenvalue weighted by molar-refractivity contribution is 0.0302. The molecule has 0 atom stereocenters. The fourth-order valence-corrected chi connectivity index (χ4v) is 2.64. The van der Waals surface area contributed by atoms with Gasteiger partial charge in [0.15, 0.2) is 0 Å². The van der Waals surface area contributed by atoms with E-state index in [2.05, 4.69) is 14.9 Å². The van der Waals surface area contributed by atoms with Crippen LogP contribution in [-0.2, 0) is 4.74 Å². The van der Waals surface area contributed by atoms with Crippen LogP contribution < -0.4 is 4.90 Å². The van der Waals surface area contributed by atoms with Gasteiger partial charge in [-0.05, 0) is 19.3 Å². The fraction of sp³-hybridized carbons (Fsp3) is 0.643. The van der Waals surface area contributed by atoms with E-state index in [1.165, 1.54) is 19.3 Å². The van der Waals surface area contributed by atoms with E-state index in [0.717, 1.165) is 19.0 Å². The van der Waals surface area contributed by atoms with Crippen molar-refractivity contribution in [1.82, 2.24) is 14.9 Å². The van der Waals surface area contributed by atoms with Crippen molar-refractivity contribution in [2.75, 3.05) is 44.3 Å². The molecule has 2 aliphatic rings. The number of amides is 1. The van der Waals surface area contributed by atoms with Crippen molar-refractivity contribution in [3.63, 3.8) is 0 Å². The summed E-state index contributed by atoms with van der Waals surface area (Å²) in [4.78, 5) is 25.0. The highest BCUT2D eigenvalue weighted by Crippen LogP contribution is 2.15. The van der Waals surface area contributed by atoms with Crippen molar-refractivity contribution >= 4 is 11.9 Å². The molecule has 0 aromatic carbocycles. The number of ether oxygens (including phenoxy) is 1. The summed E-state index contributed by atoms with van der Waals surface area (Å²) in [5, 5.41) is 0. The lowest BCUT2D eigenvalue weighted by Gasteiger charge is -2.28. The van der Waals surface area contributed by atoms with Crippen molar-refractivity contribution < 1.29 is 9.53 Å². The zero-order valence-electron chi connectivity index (χ0n) is 11.6. The van der Waals surface area contributed by atoms with Gasteiger partial charge in [0.05, 0.1) is 18.8 Å². The van der Waals surface area contributed by atoms with E-state index >= 15 is 0 Å². The molecule has 1 amide bonds. The summed E-state index contributed by atoms with van der Waals surface area (Å²) < 4.78 is 5.25. The smallest absolute Gasteiger partial charge is 0.257 e. The maximum atomic E-state index is 12.3. The standard InChI is InChI=1S/C14H20N4O2/c19-13(17-6-8-20-9-7-17)12-10-15-14(16-11-12)18-4-2-1-3-5-18/h10-11H,1-9H2. The summed E-state index contributed by atoms with van der Waals surface area (Å²) in [5.74, 6) is 0.738. The molecule has 6 heteroatoms. The Hall–Kier alpha value is -1.69. The molecule has 20 heavy (non-hydrogen) atoms. The van der Waals surface area contributed by atoms with E-state index in [0.29, 0.717) is 31.9 Å². The second kappa shape index (κ2) is 6.17. The van der Waals surface area contributed by atoms with Crippen LogP contribution in [0.1, 0.15) is 29.6 Å². The zero-order chi connectivity index (χ0) is 13.8. The molecule has 0 saturated carbocycles. The Morgan fingerprint density at radius 1 is 1.00 bits per heavy atom. The van der Waals surface area contributed by atoms with Crippen molar-refractivity contribution in [1.29, 1.82) is 0 Å². The number of carbonyl (C=O) groups excluding carboxylic acids is 1. The molecule has 0 N–H and O–H groups in total. The molecule has 2 fully saturated rings. The maximum absolute atomic E-state index is 12.3. The first-order valence-corrected chi connectivity index (χ1v) is 7.28. The second-order valence-corrected chi connectivity index (χ2v) is 5.22. The highest BCUT2D eigenvalue weighted by Gasteiger charge is 2.20. The number of piperidine rings is 1. The quantitative estimate of drug-likeness (QED) is 0.804. The number of carbonyl (C=O) groups is 1. The number of rotatable bonds is 2. The molecular formula is C14H20N4O2. The minimum atomic E-state index is -0.00139. The maximum Gasteiger partial charge on any atom is 0.257 e. The first-order valence-electron chi connectivity index (χ1n) is 7.28. The Balaban J connectivity index is 1.67. The third-order valence-corrected chi connectivity index (χ3v) is 3.82. The Kier molecular flexibility index (Phi) is 4.11. The monoisotopic (exact) mass is 276 g/mol. The van der Waals surface area contributed by atoms with Crippen molar-refractivity contribution in [3.05, 3.63) is 18.0 Å². The first kappa shape index (κ1) is 13.3. The molecule has 2 aliphatic heterocycles. The first-order chi connectivity index (χ1) is 9.84. The van der Waals surface area contributed by atoms with Crippen LogP contribution in [0.4, 0.5) is 5.95 Å². The molecular weight excluding hydrogens is 256 g/mol. The number of anilines is 1. The lowest BCUT2D eigenvalue weighted by Crippen LogP contribution is -2.40. The average molecular weight is 276 g/mol. The van der Waals surface area contributed by atoms with E-state index < -0.39 is 0 Å². The molecule has 6 nitrogen and oxygen atoms in total. The van der Waals surface area contributed by atoms with E-state index in [1.54, 1.807) is 17.3 Å². The Bertz CT molecular complexity index is 451. The molecule has 0 aliphatic carbocycles. The van der Waals surface area contributed by atoms with Gasteiger partial charge in [-0.1, -0.05) is 0 Å². The second-order valence-electron chi connectivity index (χ2n) is 5.22. The van der Waals surface area contributed by atoms with Crippen LogP contribution in [0.2, 0.25) is 0 Å². The molecule has 108 valence electrons. The minimum Gasteiger partial charge on any atom is -0.378 e. The third-order valence-electron chi connectivity index (χ3n) is 3.82. The van der Waals surface area contributed by atoms with Gasteiger partial charge in [-0.2, -0.15) is 0 Å². The van der Waals surface area contributed by atoms with Crippen LogP contribution in [0.15, 0.2) is 12.4 Å². The number of morpholine rings is 1. The van der Waals surface area contributed by atoms with Crippen LogP contribution in [-0.4, -0.2) is 60.2 Å². The van der Waals surface area contributed by atoms with Gasteiger partial charge in [0.2, 0.25) is 5.95 Å². The van der Waals surface area contributed by atoms with Gasteiger partial charge < -0.3 is 14.5 Å².